The van der Waals surface area contributed by atoms with Crippen LogP contribution in [0.25, 0.3) is 0 Å². The molecular weight excluding hydrogens is 238 g/mol. The van der Waals surface area contributed by atoms with E-state index in [1.165, 1.54) is 11.8 Å². The van der Waals surface area contributed by atoms with E-state index in [9.17, 15) is 19.8 Å². The number of rotatable bonds is 1. The normalized spacial score (nSPS) is 28.9. The van der Waals surface area contributed by atoms with Gasteiger partial charge in [0, 0.05) is 13.0 Å². The molecule has 6 heteroatoms. The van der Waals surface area contributed by atoms with Gasteiger partial charge in [-0.1, -0.05) is 0 Å². The Balaban J connectivity index is 2.91. The monoisotopic (exact) mass is 259 g/mol. The lowest BCUT2D eigenvalue weighted by atomic mass is 9.87. The van der Waals surface area contributed by atoms with E-state index in [0.29, 0.717) is 6.42 Å². The number of ether oxygens (including phenoxy) is 1. The van der Waals surface area contributed by atoms with E-state index in [-0.39, 0.29) is 13.0 Å². The van der Waals surface area contributed by atoms with Gasteiger partial charge in [-0.3, -0.25) is 4.90 Å². The van der Waals surface area contributed by atoms with Gasteiger partial charge in [0.15, 0.2) is 0 Å². The molecule has 0 aromatic rings. The van der Waals surface area contributed by atoms with Gasteiger partial charge in [-0.2, -0.15) is 0 Å². The minimum absolute atomic E-state index is 0.0155. The van der Waals surface area contributed by atoms with Crippen LogP contribution in [-0.2, 0) is 9.53 Å². The Labute approximate surface area is 107 Å². The topological polar surface area (TPSA) is 87.1 Å². The van der Waals surface area contributed by atoms with Crippen LogP contribution in [0.1, 0.15) is 40.5 Å². The summed E-state index contributed by atoms with van der Waals surface area (Å²) in [6, 6.07) is 0. The van der Waals surface area contributed by atoms with Crippen molar-refractivity contribution < 1.29 is 24.5 Å². The van der Waals surface area contributed by atoms with Gasteiger partial charge in [-0.05, 0) is 34.1 Å². The van der Waals surface area contributed by atoms with Crippen LogP contribution < -0.4 is 0 Å². The number of carboxylic acid groups (broad SMARTS) is 1. The fourth-order valence-electron chi connectivity index (χ4n) is 2.01. The van der Waals surface area contributed by atoms with Crippen LogP contribution in [0.4, 0.5) is 4.79 Å². The Hall–Kier alpha value is -1.30. The molecule has 104 valence electrons. The molecule has 1 saturated heterocycles. The van der Waals surface area contributed by atoms with Crippen molar-refractivity contribution in [2.45, 2.75) is 57.8 Å². The van der Waals surface area contributed by atoms with Crippen molar-refractivity contribution in [1.82, 2.24) is 4.90 Å². The summed E-state index contributed by atoms with van der Waals surface area (Å²) in [6.45, 7) is 6.78. The third-order valence-electron chi connectivity index (χ3n) is 2.99. The first-order valence-electron chi connectivity index (χ1n) is 5.98. The first-order valence-corrected chi connectivity index (χ1v) is 5.98. The average Bonchev–Trinajstić information content (AvgIpc) is 2.13. The van der Waals surface area contributed by atoms with Crippen LogP contribution in [0.3, 0.4) is 0 Å². The van der Waals surface area contributed by atoms with Gasteiger partial charge in [-0.15, -0.1) is 0 Å². The molecule has 0 radical (unpaired) electrons. The maximum Gasteiger partial charge on any atom is 0.411 e. The second kappa shape index (κ2) is 4.76. The predicted octanol–water partition coefficient (Wildman–Crippen LogP) is 1.22. The number of carbonyl (C=O) groups excluding carboxylic acids is 1. The minimum atomic E-state index is -1.42. The second-order valence-corrected chi connectivity index (χ2v) is 5.86. The number of aliphatic hydroxyl groups excluding tert-OH is 1. The maximum atomic E-state index is 12.0. The number of likely N-dealkylation sites (tertiary alicyclic amines) is 1. The van der Waals surface area contributed by atoms with Gasteiger partial charge >= 0.3 is 12.1 Å². The molecule has 0 saturated carbocycles. The molecule has 1 rings (SSSR count). The van der Waals surface area contributed by atoms with Crippen LogP contribution in [0.15, 0.2) is 0 Å². The molecule has 2 N–H and O–H groups in total. The molecule has 0 spiro atoms. The third kappa shape index (κ3) is 3.13. The highest BCUT2D eigenvalue weighted by Crippen LogP contribution is 2.30. The van der Waals surface area contributed by atoms with Crippen molar-refractivity contribution in [3.8, 4) is 0 Å². The van der Waals surface area contributed by atoms with Crippen molar-refractivity contribution in [3.63, 3.8) is 0 Å². The van der Waals surface area contributed by atoms with Gasteiger partial charge in [0.25, 0.3) is 0 Å². The van der Waals surface area contributed by atoms with E-state index >= 15 is 0 Å². The summed E-state index contributed by atoms with van der Waals surface area (Å²) in [6.07, 6.45) is -0.979. The highest BCUT2D eigenvalue weighted by molar-refractivity contribution is 5.84. The van der Waals surface area contributed by atoms with E-state index in [1.54, 1.807) is 20.8 Å². The number of carboxylic acids is 1. The number of piperidine rings is 1. The van der Waals surface area contributed by atoms with Gasteiger partial charge in [0.1, 0.15) is 11.1 Å². The van der Waals surface area contributed by atoms with E-state index in [0.717, 1.165) is 0 Å². The molecule has 0 aromatic heterocycles. The first-order chi connectivity index (χ1) is 8.06. The molecule has 1 unspecified atom stereocenters. The minimum Gasteiger partial charge on any atom is -0.480 e. The third-order valence-corrected chi connectivity index (χ3v) is 2.99. The van der Waals surface area contributed by atoms with E-state index in [1.807, 2.05) is 0 Å². The molecule has 6 nitrogen and oxygen atoms in total. The number of hydrogen-bond acceptors (Lipinski definition) is 4. The van der Waals surface area contributed by atoms with Gasteiger partial charge in [0.05, 0.1) is 6.10 Å². The number of nitrogens with zero attached hydrogens (tertiary/aromatic N) is 1. The molecule has 18 heavy (non-hydrogen) atoms. The van der Waals surface area contributed by atoms with E-state index in [4.69, 9.17) is 4.74 Å². The number of amides is 1. The maximum absolute atomic E-state index is 12.0. The Bertz CT molecular complexity index is 349. The zero-order valence-corrected chi connectivity index (χ0v) is 11.3. The Morgan fingerprint density at radius 1 is 1.39 bits per heavy atom. The molecule has 2 atom stereocenters. The summed E-state index contributed by atoms with van der Waals surface area (Å²) in [5, 5.41) is 18.9. The van der Waals surface area contributed by atoms with Crippen molar-refractivity contribution in [3.05, 3.63) is 0 Å². The summed E-state index contributed by atoms with van der Waals surface area (Å²) < 4.78 is 5.20. The fraction of sp³-hybridized carbons (Fsp3) is 0.833. The lowest BCUT2D eigenvalue weighted by Crippen LogP contribution is -2.60. The molecule has 0 bridgehead atoms. The first kappa shape index (κ1) is 14.8. The zero-order valence-electron chi connectivity index (χ0n) is 11.3. The smallest absolute Gasteiger partial charge is 0.411 e. The highest BCUT2D eigenvalue weighted by atomic mass is 16.6. The molecule has 1 aliphatic heterocycles. The van der Waals surface area contributed by atoms with E-state index < -0.39 is 29.3 Å². The lowest BCUT2D eigenvalue weighted by molar-refractivity contribution is -0.155. The van der Waals surface area contributed by atoms with Crippen molar-refractivity contribution in [2.24, 2.45) is 0 Å². The van der Waals surface area contributed by atoms with Crippen LogP contribution in [0, 0.1) is 0 Å². The Morgan fingerprint density at radius 3 is 2.39 bits per heavy atom. The molecule has 1 heterocycles. The summed E-state index contributed by atoms with van der Waals surface area (Å²) in [4.78, 5) is 24.5. The Kier molecular flexibility index (Phi) is 3.90. The van der Waals surface area contributed by atoms with Crippen molar-refractivity contribution in [2.75, 3.05) is 6.54 Å². The molecule has 0 aliphatic carbocycles. The average molecular weight is 259 g/mol. The van der Waals surface area contributed by atoms with Crippen LogP contribution >= 0.6 is 0 Å². The number of hydrogen-bond donors (Lipinski definition) is 2. The summed E-state index contributed by atoms with van der Waals surface area (Å²) >= 11 is 0. The summed E-state index contributed by atoms with van der Waals surface area (Å²) in [5.41, 5.74) is -2.09. The Morgan fingerprint density at radius 2 is 1.94 bits per heavy atom. The van der Waals surface area contributed by atoms with E-state index in [2.05, 4.69) is 0 Å². The lowest BCUT2D eigenvalue weighted by Gasteiger charge is -2.43. The van der Waals surface area contributed by atoms with Crippen LogP contribution in [0.2, 0.25) is 0 Å². The zero-order chi connectivity index (χ0) is 14.1. The number of carbonyl (C=O) groups is 2. The van der Waals surface area contributed by atoms with Gasteiger partial charge < -0.3 is 14.9 Å². The molecular formula is C12H21NO5. The van der Waals surface area contributed by atoms with Crippen LogP contribution in [0.5, 0.6) is 0 Å². The number of aliphatic carboxylic acids is 1. The largest absolute Gasteiger partial charge is 0.480 e. The van der Waals surface area contributed by atoms with Gasteiger partial charge in [0.2, 0.25) is 0 Å². The van der Waals surface area contributed by atoms with Crippen LogP contribution in [-0.4, -0.2) is 51.0 Å². The quantitative estimate of drug-likeness (QED) is 0.739. The second-order valence-electron chi connectivity index (χ2n) is 5.86. The predicted molar refractivity (Wildman–Crippen MR) is 64.2 cm³/mol. The molecule has 1 aliphatic rings. The molecule has 1 fully saturated rings. The summed E-state index contributed by atoms with van der Waals surface area (Å²) in [7, 11) is 0. The molecule has 1 amide bonds. The standard InChI is InChI=1S/C12H21NO5/c1-11(2,3)18-10(17)13-6-5-8(14)7-12(13,4)9(15)16/h8,14H,5-7H2,1-4H3,(H,15,16)/t8?,12-/m0/s1. The summed E-state index contributed by atoms with van der Waals surface area (Å²) in [5.74, 6) is -1.13. The van der Waals surface area contributed by atoms with Crippen molar-refractivity contribution in [1.29, 1.82) is 0 Å². The molecule has 0 aromatic carbocycles. The fourth-order valence-corrected chi connectivity index (χ4v) is 2.01. The SMILES string of the molecule is CC(C)(C)OC(=O)N1CCC(O)C[C@@]1(C)C(=O)O. The highest BCUT2D eigenvalue weighted by Gasteiger charge is 2.48. The van der Waals surface area contributed by atoms with Gasteiger partial charge in [-0.25, -0.2) is 9.59 Å². The van der Waals surface area contributed by atoms with Crippen molar-refractivity contribution >= 4 is 12.1 Å². The number of aliphatic hydroxyl groups is 1.